The SMILES string of the molecule is CC(CCC(=O)NCC=O)Oc1ccccc1. The number of ether oxygens (including phenoxy) is 1. The van der Waals surface area contributed by atoms with E-state index in [1.54, 1.807) is 0 Å². The number of carbonyl (C=O) groups is 2. The summed E-state index contributed by atoms with van der Waals surface area (Å²) < 4.78 is 5.62. The van der Waals surface area contributed by atoms with Crippen molar-refractivity contribution < 1.29 is 14.3 Å². The quantitative estimate of drug-likeness (QED) is 0.729. The highest BCUT2D eigenvalue weighted by molar-refractivity contribution is 5.78. The number of benzene rings is 1. The van der Waals surface area contributed by atoms with E-state index in [9.17, 15) is 9.59 Å². The molecule has 0 aromatic heterocycles. The molecule has 1 amide bonds. The van der Waals surface area contributed by atoms with Crippen LogP contribution in [0.2, 0.25) is 0 Å². The third-order valence-corrected chi connectivity index (χ3v) is 2.24. The minimum Gasteiger partial charge on any atom is -0.491 e. The van der Waals surface area contributed by atoms with Crippen LogP contribution < -0.4 is 10.1 Å². The van der Waals surface area contributed by atoms with Crippen molar-refractivity contribution in [1.29, 1.82) is 0 Å². The molecule has 4 nitrogen and oxygen atoms in total. The van der Waals surface area contributed by atoms with Crippen LogP contribution in [0.25, 0.3) is 0 Å². The van der Waals surface area contributed by atoms with Gasteiger partial charge in [-0.05, 0) is 25.5 Å². The molecule has 0 saturated carbocycles. The van der Waals surface area contributed by atoms with Crippen molar-refractivity contribution >= 4 is 12.2 Å². The number of hydrogen-bond donors (Lipinski definition) is 1. The Morgan fingerprint density at radius 1 is 1.41 bits per heavy atom. The van der Waals surface area contributed by atoms with Gasteiger partial charge < -0.3 is 14.8 Å². The van der Waals surface area contributed by atoms with Crippen molar-refractivity contribution in [1.82, 2.24) is 5.32 Å². The molecule has 1 aromatic rings. The molecule has 1 rings (SSSR count). The van der Waals surface area contributed by atoms with Crippen LogP contribution in [0.1, 0.15) is 19.8 Å². The third kappa shape index (κ3) is 5.70. The van der Waals surface area contributed by atoms with Gasteiger partial charge in [-0.2, -0.15) is 0 Å². The zero-order valence-corrected chi connectivity index (χ0v) is 9.89. The Morgan fingerprint density at radius 3 is 2.76 bits per heavy atom. The van der Waals surface area contributed by atoms with Crippen LogP contribution in [-0.2, 0) is 9.59 Å². The Balaban J connectivity index is 2.23. The Morgan fingerprint density at radius 2 is 2.12 bits per heavy atom. The molecule has 17 heavy (non-hydrogen) atoms. The summed E-state index contributed by atoms with van der Waals surface area (Å²) in [5.41, 5.74) is 0. The molecule has 0 bridgehead atoms. The van der Waals surface area contributed by atoms with Crippen LogP contribution in [0.3, 0.4) is 0 Å². The second-order valence-corrected chi connectivity index (χ2v) is 3.75. The average molecular weight is 235 g/mol. The van der Waals surface area contributed by atoms with E-state index < -0.39 is 0 Å². The van der Waals surface area contributed by atoms with Crippen molar-refractivity contribution in [2.24, 2.45) is 0 Å². The minimum atomic E-state index is -0.124. The number of aldehydes is 1. The lowest BCUT2D eigenvalue weighted by molar-refractivity contribution is -0.122. The summed E-state index contributed by atoms with van der Waals surface area (Å²) in [5.74, 6) is 0.675. The molecule has 1 atom stereocenters. The highest BCUT2D eigenvalue weighted by atomic mass is 16.5. The standard InChI is InChI=1S/C13H17NO3/c1-11(7-8-13(16)14-9-10-15)17-12-5-3-2-4-6-12/h2-6,10-11H,7-9H2,1H3,(H,14,16). The van der Waals surface area contributed by atoms with Crippen molar-refractivity contribution in [3.8, 4) is 5.75 Å². The molecular weight excluding hydrogens is 218 g/mol. The number of amides is 1. The van der Waals surface area contributed by atoms with Gasteiger partial charge in [-0.25, -0.2) is 0 Å². The average Bonchev–Trinajstić information content (AvgIpc) is 2.35. The van der Waals surface area contributed by atoms with E-state index in [0.717, 1.165) is 5.75 Å². The summed E-state index contributed by atoms with van der Waals surface area (Å²) >= 11 is 0. The van der Waals surface area contributed by atoms with Crippen molar-refractivity contribution in [3.05, 3.63) is 30.3 Å². The van der Waals surface area contributed by atoms with Crippen LogP contribution in [0.4, 0.5) is 0 Å². The summed E-state index contributed by atoms with van der Waals surface area (Å²) in [6, 6.07) is 9.48. The van der Waals surface area contributed by atoms with Gasteiger partial charge >= 0.3 is 0 Å². The van der Waals surface area contributed by atoms with Gasteiger partial charge in [0.25, 0.3) is 0 Å². The maximum absolute atomic E-state index is 11.2. The van der Waals surface area contributed by atoms with Crippen LogP contribution in [0.5, 0.6) is 5.75 Å². The predicted molar refractivity (Wildman–Crippen MR) is 64.8 cm³/mol. The number of carbonyl (C=O) groups excluding carboxylic acids is 2. The number of nitrogens with one attached hydrogen (secondary N) is 1. The zero-order chi connectivity index (χ0) is 12.5. The first-order valence-corrected chi connectivity index (χ1v) is 5.64. The molecule has 0 fully saturated rings. The van der Waals surface area contributed by atoms with Crippen molar-refractivity contribution in [2.45, 2.75) is 25.9 Å². The van der Waals surface area contributed by atoms with E-state index in [1.807, 2.05) is 37.3 Å². The normalized spacial score (nSPS) is 11.6. The molecule has 4 heteroatoms. The molecule has 0 aliphatic rings. The van der Waals surface area contributed by atoms with Gasteiger partial charge in [0.2, 0.25) is 5.91 Å². The Hall–Kier alpha value is -1.84. The van der Waals surface area contributed by atoms with E-state index in [1.165, 1.54) is 0 Å². The zero-order valence-electron chi connectivity index (χ0n) is 9.89. The van der Waals surface area contributed by atoms with Gasteiger partial charge in [-0.1, -0.05) is 18.2 Å². The molecule has 0 aliphatic heterocycles. The Bertz CT molecular complexity index is 351. The molecule has 0 heterocycles. The molecule has 0 spiro atoms. The smallest absolute Gasteiger partial charge is 0.220 e. The maximum Gasteiger partial charge on any atom is 0.220 e. The number of hydrogen-bond acceptors (Lipinski definition) is 3. The summed E-state index contributed by atoms with van der Waals surface area (Å²) in [4.78, 5) is 21.3. The Kier molecular flexibility index (Phi) is 5.79. The van der Waals surface area contributed by atoms with E-state index in [0.29, 0.717) is 19.1 Å². The first-order valence-electron chi connectivity index (χ1n) is 5.64. The lowest BCUT2D eigenvalue weighted by Crippen LogP contribution is -2.26. The third-order valence-electron chi connectivity index (χ3n) is 2.24. The van der Waals surface area contributed by atoms with Crippen molar-refractivity contribution in [2.75, 3.05) is 6.54 Å². The predicted octanol–water partition coefficient (Wildman–Crippen LogP) is 1.55. The molecule has 1 N–H and O–H groups in total. The first kappa shape index (κ1) is 13.2. The summed E-state index contributed by atoms with van der Waals surface area (Å²) in [5, 5.41) is 2.49. The molecular formula is C13H17NO3. The van der Waals surface area contributed by atoms with Gasteiger partial charge in [0.05, 0.1) is 12.6 Å². The summed E-state index contributed by atoms with van der Waals surface area (Å²) in [7, 11) is 0. The molecule has 1 unspecified atom stereocenters. The molecule has 0 aliphatic carbocycles. The lowest BCUT2D eigenvalue weighted by Gasteiger charge is -2.14. The van der Waals surface area contributed by atoms with Crippen LogP contribution in [0, 0.1) is 0 Å². The van der Waals surface area contributed by atoms with Crippen LogP contribution in [-0.4, -0.2) is 24.8 Å². The number of rotatable bonds is 7. The van der Waals surface area contributed by atoms with E-state index in [4.69, 9.17) is 4.74 Å². The summed E-state index contributed by atoms with van der Waals surface area (Å²) in [6.45, 7) is 1.99. The largest absolute Gasteiger partial charge is 0.491 e. The van der Waals surface area contributed by atoms with Gasteiger partial charge in [0.1, 0.15) is 12.0 Å². The molecule has 1 aromatic carbocycles. The topological polar surface area (TPSA) is 55.4 Å². The highest BCUT2D eigenvalue weighted by Crippen LogP contribution is 2.12. The van der Waals surface area contributed by atoms with Crippen molar-refractivity contribution in [3.63, 3.8) is 0 Å². The fourth-order valence-corrected chi connectivity index (χ4v) is 1.37. The van der Waals surface area contributed by atoms with E-state index >= 15 is 0 Å². The van der Waals surface area contributed by atoms with Crippen LogP contribution >= 0.6 is 0 Å². The lowest BCUT2D eigenvalue weighted by atomic mass is 10.2. The first-order chi connectivity index (χ1) is 8.22. The van der Waals surface area contributed by atoms with E-state index in [-0.39, 0.29) is 18.6 Å². The Labute approximate surface area is 101 Å². The van der Waals surface area contributed by atoms with Gasteiger partial charge in [0, 0.05) is 6.42 Å². The van der Waals surface area contributed by atoms with Crippen LogP contribution in [0.15, 0.2) is 30.3 Å². The van der Waals surface area contributed by atoms with Gasteiger partial charge in [-0.15, -0.1) is 0 Å². The van der Waals surface area contributed by atoms with Gasteiger partial charge in [0.15, 0.2) is 0 Å². The molecule has 0 saturated heterocycles. The maximum atomic E-state index is 11.2. The van der Waals surface area contributed by atoms with E-state index in [2.05, 4.69) is 5.32 Å². The fourth-order valence-electron chi connectivity index (χ4n) is 1.37. The second kappa shape index (κ2) is 7.44. The summed E-state index contributed by atoms with van der Waals surface area (Å²) in [6.07, 6.45) is 1.63. The second-order valence-electron chi connectivity index (χ2n) is 3.75. The number of para-hydroxylation sites is 1. The highest BCUT2D eigenvalue weighted by Gasteiger charge is 2.07. The molecule has 92 valence electrons. The fraction of sp³-hybridized carbons (Fsp3) is 0.385. The molecule has 0 radical (unpaired) electrons. The minimum absolute atomic E-state index is 0.0284. The van der Waals surface area contributed by atoms with Gasteiger partial charge in [-0.3, -0.25) is 4.79 Å². The monoisotopic (exact) mass is 235 g/mol.